The largest absolute Gasteiger partial charge is 0.622 e. The molecule has 0 fully saturated rings. The molecule has 14 heavy (non-hydrogen) atoms. The van der Waals surface area contributed by atoms with Crippen molar-refractivity contribution in [3.8, 4) is 0 Å². The quantitative estimate of drug-likeness (QED) is 0.408. The Morgan fingerprint density at radius 2 is 2.29 bits per heavy atom. The number of quaternary nitrogens is 1. The predicted molar refractivity (Wildman–Crippen MR) is 50.1 cm³/mol. The summed E-state index contributed by atoms with van der Waals surface area (Å²) in [5, 5.41) is 22.2. The highest BCUT2D eigenvalue weighted by molar-refractivity contribution is 5.97. The molecule has 1 aliphatic carbocycles. The van der Waals surface area contributed by atoms with Crippen molar-refractivity contribution in [2.24, 2.45) is 0 Å². The highest BCUT2D eigenvalue weighted by Gasteiger charge is 2.32. The molecule has 0 bridgehead atoms. The van der Waals surface area contributed by atoms with Crippen LogP contribution in [0.2, 0.25) is 0 Å². The highest BCUT2D eigenvalue weighted by atomic mass is 16.9. The van der Waals surface area contributed by atoms with E-state index in [1.54, 1.807) is 24.3 Å². The van der Waals surface area contributed by atoms with Crippen LogP contribution in [-0.2, 0) is 4.84 Å². The number of allylic oxidation sites excluding steroid dienone is 3. The van der Waals surface area contributed by atoms with Crippen LogP contribution in [0.15, 0.2) is 36.5 Å². The third-order valence-electron chi connectivity index (χ3n) is 2.16. The first kappa shape index (κ1) is 9.14. The van der Waals surface area contributed by atoms with Crippen LogP contribution in [0.1, 0.15) is 0 Å². The number of hydrogen-bond donors (Lipinski definition) is 1. The fourth-order valence-electron chi connectivity index (χ4n) is 1.39. The van der Waals surface area contributed by atoms with Crippen molar-refractivity contribution < 1.29 is 14.8 Å². The lowest BCUT2D eigenvalue weighted by Crippen LogP contribution is -3.12. The van der Waals surface area contributed by atoms with Gasteiger partial charge in [0, 0.05) is 6.08 Å². The van der Waals surface area contributed by atoms with Crippen LogP contribution in [-0.4, -0.2) is 23.2 Å². The molecular formula is C9H10N2O3. The van der Waals surface area contributed by atoms with Crippen LogP contribution in [0.3, 0.4) is 0 Å². The van der Waals surface area contributed by atoms with Crippen molar-refractivity contribution in [2.75, 3.05) is 6.73 Å². The minimum atomic E-state index is -0.586. The molecule has 74 valence electrons. The highest BCUT2D eigenvalue weighted by Crippen LogP contribution is 2.06. The Labute approximate surface area is 81.0 Å². The average molecular weight is 194 g/mol. The zero-order chi connectivity index (χ0) is 10.1. The topological polar surface area (TPSA) is 62.8 Å². The van der Waals surface area contributed by atoms with Gasteiger partial charge in [0.05, 0.1) is 0 Å². The molecule has 1 heterocycles. The summed E-state index contributed by atoms with van der Waals surface area (Å²) in [4.78, 5) is 4.69. The normalized spacial score (nSPS) is 31.6. The van der Waals surface area contributed by atoms with Crippen molar-refractivity contribution >= 4 is 5.71 Å². The molecule has 0 saturated heterocycles. The molecule has 2 rings (SSSR count). The Hall–Kier alpha value is -1.43. The van der Waals surface area contributed by atoms with Gasteiger partial charge in [-0.15, -0.1) is 4.84 Å². The Balaban J connectivity index is 2.44. The van der Waals surface area contributed by atoms with Crippen molar-refractivity contribution in [1.82, 2.24) is 0 Å². The van der Waals surface area contributed by atoms with Crippen LogP contribution in [0.5, 0.6) is 0 Å². The summed E-state index contributed by atoms with van der Waals surface area (Å²) in [6.45, 7) is 3.50. The molecule has 2 unspecified atom stereocenters. The maximum atomic E-state index is 11.3. The van der Waals surface area contributed by atoms with Gasteiger partial charge in [-0.25, -0.2) is 5.23 Å². The Morgan fingerprint density at radius 1 is 1.50 bits per heavy atom. The number of nitrogens with one attached hydrogen (secondary N) is 1. The maximum absolute atomic E-state index is 11.3. The minimum absolute atomic E-state index is 0.227. The van der Waals surface area contributed by atoms with E-state index >= 15 is 0 Å². The lowest BCUT2D eigenvalue weighted by atomic mass is 10.2. The lowest BCUT2D eigenvalue weighted by Gasteiger charge is -2.28. The second-order valence-corrected chi connectivity index (χ2v) is 3.14. The lowest BCUT2D eigenvalue weighted by molar-refractivity contribution is -1.08. The van der Waals surface area contributed by atoms with Crippen LogP contribution in [0.4, 0.5) is 0 Å². The maximum Gasteiger partial charge on any atom is 0.307 e. The van der Waals surface area contributed by atoms with E-state index in [9.17, 15) is 10.4 Å². The molecule has 2 atom stereocenters. The second kappa shape index (κ2) is 3.38. The first-order valence-electron chi connectivity index (χ1n) is 4.22. The third kappa shape index (κ3) is 1.48. The summed E-state index contributed by atoms with van der Waals surface area (Å²) < 4.78 is 0.672. The van der Waals surface area contributed by atoms with Crippen LogP contribution < -0.4 is 5.23 Å². The Kier molecular flexibility index (Phi) is 2.20. The summed E-state index contributed by atoms with van der Waals surface area (Å²) in [5.74, 6) is 0. The molecular weight excluding hydrogens is 184 g/mol. The molecule has 0 aromatic heterocycles. The molecule has 1 aliphatic heterocycles. The van der Waals surface area contributed by atoms with E-state index in [0.717, 1.165) is 5.57 Å². The van der Waals surface area contributed by atoms with Crippen molar-refractivity contribution in [3.63, 3.8) is 0 Å². The number of hydrogen-bond acceptors (Lipinski definition) is 3. The zero-order valence-corrected chi connectivity index (χ0v) is 7.47. The summed E-state index contributed by atoms with van der Waals surface area (Å²) in [6, 6.07) is -0.586. The number of nitrogens with zero attached hydrogens (tertiary/aromatic N) is 1. The van der Waals surface area contributed by atoms with Crippen molar-refractivity contribution in [1.29, 1.82) is 0 Å². The first-order valence-corrected chi connectivity index (χ1v) is 4.22. The number of hydroxylamine groups is 3. The molecule has 0 aromatic rings. The van der Waals surface area contributed by atoms with Gasteiger partial charge >= 0.3 is 6.73 Å². The van der Waals surface area contributed by atoms with E-state index in [0.29, 0.717) is 10.5 Å². The first-order chi connectivity index (χ1) is 6.68. The molecule has 0 spiro atoms. The van der Waals surface area contributed by atoms with Gasteiger partial charge in [0.25, 0.3) is 5.71 Å². The number of fused-ring (bicyclic) bond motifs is 1. The molecule has 5 heteroatoms. The molecule has 0 amide bonds. The van der Waals surface area contributed by atoms with Crippen LogP contribution in [0.25, 0.3) is 0 Å². The van der Waals surface area contributed by atoms with Crippen molar-refractivity contribution in [3.05, 3.63) is 46.9 Å². The van der Waals surface area contributed by atoms with Gasteiger partial charge in [-0.05, 0) is 17.7 Å². The van der Waals surface area contributed by atoms with Gasteiger partial charge < -0.3 is 10.4 Å². The van der Waals surface area contributed by atoms with E-state index in [1.165, 1.54) is 0 Å². The summed E-state index contributed by atoms with van der Waals surface area (Å²) >= 11 is 0. The van der Waals surface area contributed by atoms with Crippen LogP contribution in [0, 0.1) is 10.4 Å². The van der Waals surface area contributed by atoms with Gasteiger partial charge in [-0.3, -0.25) is 0 Å². The van der Waals surface area contributed by atoms with Crippen molar-refractivity contribution in [2.45, 2.75) is 6.04 Å². The van der Waals surface area contributed by atoms with Crippen LogP contribution >= 0.6 is 0 Å². The average Bonchev–Trinajstić information content (AvgIpc) is 2.35. The summed E-state index contributed by atoms with van der Waals surface area (Å²) in [7, 11) is 0. The summed E-state index contributed by atoms with van der Waals surface area (Å²) in [5.41, 5.74) is 1.17. The van der Waals surface area contributed by atoms with Gasteiger partial charge in [0.2, 0.25) is 6.04 Å². The molecule has 2 aliphatic rings. The predicted octanol–water partition coefficient (Wildman–Crippen LogP) is -0.726. The van der Waals surface area contributed by atoms with Gasteiger partial charge in [-0.2, -0.15) is 4.74 Å². The molecule has 0 radical (unpaired) electrons. The monoisotopic (exact) mass is 194 g/mol. The van der Waals surface area contributed by atoms with E-state index < -0.39 is 6.04 Å². The third-order valence-corrected chi connectivity index (χ3v) is 2.16. The Bertz CT molecular complexity index is 357. The zero-order valence-electron chi connectivity index (χ0n) is 7.47. The van der Waals surface area contributed by atoms with Gasteiger partial charge in [0.1, 0.15) is 0 Å². The SMILES string of the molecule is C=C1C=CC2=[N+]([O-])CO[NH+]([O-])C2C=C1. The smallest absolute Gasteiger partial charge is 0.307 e. The molecule has 0 saturated carbocycles. The number of rotatable bonds is 0. The Morgan fingerprint density at radius 3 is 3.07 bits per heavy atom. The van der Waals surface area contributed by atoms with E-state index in [-0.39, 0.29) is 12.0 Å². The second-order valence-electron chi connectivity index (χ2n) is 3.14. The summed E-state index contributed by atoms with van der Waals surface area (Å²) in [6.07, 6.45) is 6.65. The molecule has 5 nitrogen and oxygen atoms in total. The standard InChI is InChI=1S/C9H10N2O3/c1-7-2-4-8-9(5-3-7)11(13)14-6-10(8)12/h2-5,9,11H,1,6H2. The molecule has 1 N–H and O–H groups in total. The fourth-order valence-corrected chi connectivity index (χ4v) is 1.39. The van der Waals surface area contributed by atoms with E-state index in [2.05, 4.69) is 11.4 Å². The molecule has 0 aromatic carbocycles. The van der Waals surface area contributed by atoms with Gasteiger partial charge in [0.15, 0.2) is 0 Å². The van der Waals surface area contributed by atoms with Gasteiger partial charge in [-0.1, -0.05) is 12.7 Å². The van der Waals surface area contributed by atoms with E-state index in [4.69, 9.17) is 0 Å². The fraction of sp³-hybridized carbons (Fsp3) is 0.222. The minimum Gasteiger partial charge on any atom is -0.622 e. The van der Waals surface area contributed by atoms with E-state index in [1.807, 2.05) is 0 Å².